The van der Waals surface area contributed by atoms with E-state index in [0.29, 0.717) is 35.8 Å². The van der Waals surface area contributed by atoms with Crippen LogP contribution in [-0.4, -0.2) is 25.1 Å². The Balaban J connectivity index is 2.04. The van der Waals surface area contributed by atoms with E-state index in [9.17, 15) is 9.59 Å². The number of halogens is 1. The Labute approximate surface area is 155 Å². The van der Waals surface area contributed by atoms with Gasteiger partial charge in [-0.1, -0.05) is 6.92 Å². The summed E-state index contributed by atoms with van der Waals surface area (Å²) in [5.74, 6) is 0.0794. The summed E-state index contributed by atoms with van der Waals surface area (Å²) in [4.78, 5) is 24.0. The Hall–Kier alpha value is -2.34. The third kappa shape index (κ3) is 5.32. The minimum absolute atomic E-state index is 0.244. The lowest BCUT2D eigenvalue weighted by Crippen LogP contribution is -2.12. The molecule has 5 nitrogen and oxygen atoms in total. The van der Waals surface area contributed by atoms with Gasteiger partial charge in [0.15, 0.2) is 0 Å². The highest BCUT2D eigenvalue weighted by atomic mass is 79.9. The van der Waals surface area contributed by atoms with Crippen molar-refractivity contribution in [2.24, 2.45) is 0 Å². The van der Waals surface area contributed by atoms with Crippen LogP contribution in [0.3, 0.4) is 0 Å². The van der Waals surface area contributed by atoms with Crippen molar-refractivity contribution in [2.75, 3.05) is 18.5 Å². The van der Waals surface area contributed by atoms with Crippen molar-refractivity contribution >= 4 is 33.5 Å². The zero-order valence-electron chi connectivity index (χ0n) is 14.2. The van der Waals surface area contributed by atoms with Gasteiger partial charge in [0.05, 0.1) is 23.2 Å². The van der Waals surface area contributed by atoms with E-state index in [1.165, 1.54) is 0 Å². The molecule has 132 valence electrons. The predicted molar refractivity (Wildman–Crippen MR) is 100 cm³/mol. The Morgan fingerprint density at radius 1 is 1.04 bits per heavy atom. The summed E-state index contributed by atoms with van der Waals surface area (Å²) in [7, 11) is 0. The van der Waals surface area contributed by atoms with Crippen LogP contribution in [0.2, 0.25) is 0 Å². The van der Waals surface area contributed by atoms with Gasteiger partial charge in [0.25, 0.3) is 5.91 Å². The zero-order chi connectivity index (χ0) is 18.2. The molecule has 0 spiro atoms. The number of carbonyl (C=O) groups is 2. The van der Waals surface area contributed by atoms with Crippen molar-refractivity contribution in [1.82, 2.24) is 0 Å². The zero-order valence-corrected chi connectivity index (χ0v) is 15.8. The maximum Gasteiger partial charge on any atom is 0.338 e. The predicted octanol–water partition coefficient (Wildman–Crippen LogP) is 4.67. The SMILES string of the molecule is CCCOc1ccc(C(=O)Nc2ccc(C(=O)OCC)cc2)cc1Br. The van der Waals surface area contributed by atoms with Crippen LogP contribution in [0.1, 0.15) is 41.0 Å². The molecule has 2 rings (SSSR count). The Kier molecular flexibility index (Phi) is 7.01. The molecule has 0 aliphatic heterocycles. The number of ether oxygens (including phenoxy) is 2. The molecule has 0 aliphatic rings. The largest absolute Gasteiger partial charge is 0.492 e. The van der Waals surface area contributed by atoms with E-state index in [2.05, 4.69) is 21.2 Å². The first-order valence-corrected chi connectivity index (χ1v) is 8.85. The van der Waals surface area contributed by atoms with Crippen molar-refractivity contribution in [2.45, 2.75) is 20.3 Å². The minimum Gasteiger partial charge on any atom is -0.492 e. The molecule has 25 heavy (non-hydrogen) atoms. The quantitative estimate of drug-likeness (QED) is 0.679. The highest BCUT2D eigenvalue weighted by Crippen LogP contribution is 2.26. The fraction of sp³-hybridized carbons (Fsp3) is 0.263. The molecule has 6 heteroatoms. The summed E-state index contributed by atoms with van der Waals surface area (Å²) < 4.78 is 11.2. The number of hydrogen-bond acceptors (Lipinski definition) is 4. The van der Waals surface area contributed by atoms with Crippen molar-refractivity contribution < 1.29 is 19.1 Å². The minimum atomic E-state index is -0.382. The number of rotatable bonds is 7. The number of anilines is 1. The van der Waals surface area contributed by atoms with Crippen molar-refractivity contribution in [3.05, 3.63) is 58.1 Å². The molecule has 0 aliphatic carbocycles. The fourth-order valence-electron chi connectivity index (χ4n) is 2.08. The van der Waals surface area contributed by atoms with Crippen LogP contribution in [0.5, 0.6) is 5.75 Å². The van der Waals surface area contributed by atoms with Gasteiger partial charge in [-0.2, -0.15) is 0 Å². The number of nitrogens with one attached hydrogen (secondary N) is 1. The molecule has 2 aromatic carbocycles. The first-order chi connectivity index (χ1) is 12.0. The number of esters is 1. The van der Waals surface area contributed by atoms with E-state index in [-0.39, 0.29) is 11.9 Å². The molecule has 2 aromatic rings. The molecule has 0 fully saturated rings. The summed E-state index contributed by atoms with van der Waals surface area (Å²) >= 11 is 3.41. The van der Waals surface area contributed by atoms with Gasteiger partial charge in [-0.25, -0.2) is 4.79 Å². The van der Waals surface area contributed by atoms with Crippen LogP contribution in [-0.2, 0) is 4.74 Å². The maximum atomic E-state index is 12.3. The second-order valence-corrected chi connectivity index (χ2v) is 6.10. The van der Waals surface area contributed by atoms with Gasteiger partial charge in [0, 0.05) is 11.3 Å². The molecule has 0 bridgehead atoms. The smallest absolute Gasteiger partial charge is 0.338 e. The van der Waals surface area contributed by atoms with Gasteiger partial charge in [0.1, 0.15) is 5.75 Å². The molecule has 0 unspecified atom stereocenters. The lowest BCUT2D eigenvalue weighted by Gasteiger charge is -2.10. The standard InChI is InChI=1S/C19H20BrNO4/c1-3-11-25-17-10-7-14(12-16(17)20)18(22)21-15-8-5-13(6-9-15)19(23)24-4-2/h5-10,12H,3-4,11H2,1-2H3,(H,21,22). The fourth-order valence-corrected chi connectivity index (χ4v) is 2.57. The molecule has 0 aromatic heterocycles. The molecule has 0 radical (unpaired) electrons. The highest BCUT2D eigenvalue weighted by molar-refractivity contribution is 9.10. The highest BCUT2D eigenvalue weighted by Gasteiger charge is 2.11. The van der Waals surface area contributed by atoms with E-state index in [1.807, 2.05) is 6.92 Å². The summed E-state index contributed by atoms with van der Waals surface area (Å²) in [6.07, 6.45) is 0.913. The molecule has 0 saturated heterocycles. The lowest BCUT2D eigenvalue weighted by molar-refractivity contribution is 0.0526. The van der Waals surface area contributed by atoms with Crippen LogP contribution in [0, 0.1) is 0 Å². The van der Waals surface area contributed by atoms with E-state index >= 15 is 0 Å². The van der Waals surface area contributed by atoms with Gasteiger partial charge in [-0.05, 0) is 71.7 Å². The molecule has 0 saturated carbocycles. The van der Waals surface area contributed by atoms with E-state index < -0.39 is 0 Å². The molecular formula is C19H20BrNO4. The third-order valence-electron chi connectivity index (χ3n) is 3.31. The van der Waals surface area contributed by atoms with Crippen molar-refractivity contribution in [3.8, 4) is 5.75 Å². The van der Waals surface area contributed by atoms with E-state index in [0.717, 1.165) is 10.9 Å². The average molecular weight is 406 g/mol. The second-order valence-electron chi connectivity index (χ2n) is 5.25. The van der Waals surface area contributed by atoms with Crippen molar-refractivity contribution in [1.29, 1.82) is 0 Å². The molecule has 1 amide bonds. The van der Waals surface area contributed by atoms with Gasteiger partial charge < -0.3 is 14.8 Å². The van der Waals surface area contributed by atoms with Crippen LogP contribution < -0.4 is 10.1 Å². The lowest BCUT2D eigenvalue weighted by atomic mass is 10.1. The second kappa shape index (κ2) is 9.22. The van der Waals surface area contributed by atoms with Crippen LogP contribution in [0.15, 0.2) is 46.9 Å². The maximum absolute atomic E-state index is 12.3. The van der Waals surface area contributed by atoms with Gasteiger partial charge in [-0.3, -0.25) is 4.79 Å². The van der Waals surface area contributed by atoms with Gasteiger partial charge in [0.2, 0.25) is 0 Å². The van der Waals surface area contributed by atoms with Crippen LogP contribution in [0.25, 0.3) is 0 Å². The summed E-state index contributed by atoms with van der Waals surface area (Å²) in [5.41, 5.74) is 1.55. The molecule has 0 atom stereocenters. The van der Waals surface area contributed by atoms with Gasteiger partial charge >= 0.3 is 5.97 Å². The molecular weight excluding hydrogens is 386 g/mol. The normalized spacial score (nSPS) is 10.2. The molecule has 0 heterocycles. The summed E-state index contributed by atoms with van der Waals surface area (Å²) in [6, 6.07) is 11.7. The first-order valence-electron chi connectivity index (χ1n) is 8.06. The van der Waals surface area contributed by atoms with Gasteiger partial charge in [-0.15, -0.1) is 0 Å². The Morgan fingerprint density at radius 3 is 2.32 bits per heavy atom. The van der Waals surface area contributed by atoms with Crippen LogP contribution >= 0.6 is 15.9 Å². The summed E-state index contributed by atoms with van der Waals surface area (Å²) in [6.45, 7) is 4.73. The third-order valence-corrected chi connectivity index (χ3v) is 3.93. The van der Waals surface area contributed by atoms with E-state index in [1.54, 1.807) is 49.4 Å². The topological polar surface area (TPSA) is 64.6 Å². The number of benzene rings is 2. The molecule has 1 N–H and O–H groups in total. The number of amides is 1. The monoisotopic (exact) mass is 405 g/mol. The van der Waals surface area contributed by atoms with Crippen LogP contribution in [0.4, 0.5) is 5.69 Å². The van der Waals surface area contributed by atoms with Crippen molar-refractivity contribution in [3.63, 3.8) is 0 Å². The number of hydrogen-bond donors (Lipinski definition) is 1. The summed E-state index contributed by atoms with van der Waals surface area (Å²) in [5, 5.41) is 2.79. The number of carbonyl (C=O) groups excluding carboxylic acids is 2. The first kappa shape index (κ1) is 19.0. The van der Waals surface area contributed by atoms with E-state index in [4.69, 9.17) is 9.47 Å². The average Bonchev–Trinajstić information content (AvgIpc) is 2.61. The Morgan fingerprint density at radius 2 is 1.72 bits per heavy atom. The Bertz CT molecular complexity index is 744.